The van der Waals surface area contributed by atoms with E-state index in [-0.39, 0.29) is 22.9 Å². The van der Waals surface area contributed by atoms with Crippen molar-refractivity contribution in [3.8, 4) is 0 Å². The first-order valence-electron chi connectivity index (χ1n) is 7.75. The van der Waals surface area contributed by atoms with E-state index in [0.717, 1.165) is 23.6 Å². The summed E-state index contributed by atoms with van der Waals surface area (Å²) in [5.41, 5.74) is 0.279. The third-order valence-corrected chi connectivity index (χ3v) is 5.37. The highest BCUT2D eigenvalue weighted by Crippen LogP contribution is 2.16. The molecule has 0 aromatic carbocycles. The average Bonchev–Trinajstić information content (AvgIpc) is 2.88. The molecule has 0 atom stereocenters. The summed E-state index contributed by atoms with van der Waals surface area (Å²) < 4.78 is 26.7. The zero-order chi connectivity index (χ0) is 18.3. The number of hydrogen-bond donors (Lipinski definition) is 2. The highest BCUT2D eigenvalue weighted by molar-refractivity contribution is 7.89. The summed E-state index contributed by atoms with van der Waals surface area (Å²) in [6.07, 6.45) is 4.60. The lowest BCUT2D eigenvalue weighted by molar-refractivity contribution is -0.137. The van der Waals surface area contributed by atoms with Gasteiger partial charge < -0.3 is 15.0 Å². The molecular weight excluding hydrogens is 334 g/mol. The Morgan fingerprint density at radius 2 is 1.83 bits per heavy atom. The van der Waals surface area contributed by atoms with E-state index in [2.05, 4.69) is 5.32 Å². The molecule has 2 N–H and O–H groups in total. The fourth-order valence-electron chi connectivity index (χ4n) is 2.16. The van der Waals surface area contributed by atoms with Crippen LogP contribution in [-0.2, 0) is 21.9 Å². The predicted octanol–water partition coefficient (Wildman–Crippen LogP) is 1.04. The van der Waals surface area contributed by atoms with Gasteiger partial charge in [-0.15, -0.1) is 0 Å². The van der Waals surface area contributed by atoms with E-state index in [1.807, 2.05) is 0 Å². The Balaban J connectivity index is 2.49. The van der Waals surface area contributed by atoms with Crippen molar-refractivity contribution in [1.82, 2.24) is 14.2 Å². The maximum absolute atomic E-state index is 12.1. The summed E-state index contributed by atoms with van der Waals surface area (Å²) in [4.78, 5) is 22.6. The summed E-state index contributed by atoms with van der Waals surface area (Å²) in [7, 11) is 0.924. The standard InChI is InChI=1S/C15H25N3O5S/c1-17(2)24(22,23)12-10-13(18(3)11-12)15(21)16-9-7-5-4-6-8-14(19)20/h10-11H,4-9H2,1-3H3,(H,16,21)(H,19,20). The fraction of sp³-hybridized carbons (Fsp3) is 0.600. The summed E-state index contributed by atoms with van der Waals surface area (Å²) in [6, 6.07) is 1.36. The Kier molecular flexibility index (Phi) is 7.43. The van der Waals surface area contributed by atoms with E-state index in [1.54, 1.807) is 7.05 Å². The average molecular weight is 359 g/mol. The second-order valence-corrected chi connectivity index (χ2v) is 7.93. The number of hydrogen-bond acceptors (Lipinski definition) is 4. The zero-order valence-corrected chi connectivity index (χ0v) is 15.1. The van der Waals surface area contributed by atoms with Crippen LogP contribution in [0.15, 0.2) is 17.2 Å². The van der Waals surface area contributed by atoms with Gasteiger partial charge in [0.2, 0.25) is 10.0 Å². The van der Waals surface area contributed by atoms with Crippen molar-refractivity contribution in [3.05, 3.63) is 18.0 Å². The number of amides is 1. The Morgan fingerprint density at radius 1 is 1.21 bits per heavy atom. The number of aromatic nitrogens is 1. The van der Waals surface area contributed by atoms with Crippen LogP contribution in [0.2, 0.25) is 0 Å². The van der Waals surface area contributed by atoms with Crippen molar-refractivity contribution in [2.45, 2.75) is 37.0 Å². The third-order valence-electron chi connectivity index (χ3n) is 3.59. The largest absolute Gasteiger partial charge is 0.481 e. The number of sulfonamides is 1. The van der Waals surface area contributed by atoms with Crippen molar-refractivity contribution in [2.24, 2.45) is 7.05 Å². The zero-order valence-electron chi connectivity index (χ0n) is 14.3. The molecule has 0 radical (unpaired) electrons. The molecule has 0 saturated carbocycles. The molecule has 0 saturated heterocycles. The van der Waals surface area contributed by atoms with E-state index in [0.29, 0.717) is 13.0 Å². The third kappa shape index (κ3) is 5.64. The van der Waals surface area contributed by atoms with Crippen molar-refractivity contribution in [3.63, 3.8) is 0 Å². The van der Waals surface area contributed by atoms with E-state index in [9.17, 15) is 18.0 Å². The monoisotopic (exact) mass is 359 g/mol. The van der Waals surface area contributed by atoms with Crippen LogP contribution in [0.5, 0.6) is 0 Å². The number of carbonyl (C=O) groups is 2. The van der Waals surface area contributed by atoms with Crippen molar-refractivity contribution in [1.29, 1.82) is 0 Å². The molecule has 8 nitrogen and oxygen atoms in total. The smallest absolute Gasteiger partial charge is 0.303 e. The molecule has 0 aliphatic rings. The van der Waals surface area contributed by atoms with Gasteiger partial charge in [0.15, 0.2) is 0 Å². The van der Waals surface area contributed by atoms with Crippen LogP contribution < -0.4 is 5.32 Å². The minimum absolute atomic E-state index is 0.0776. The Labute approximate surface area is 142 Å². The number of carbonyl (C=O) groups excluding carboxylic acids is 1. The van der Waals surface area contributed by atoms with Crippen LogP contribution in [0.3, 0.4) is 0 Å². The van der Waals surface area contributed by atoms with Crippen LogP contribution in [0, 0.1) is 0 Å². The molecular formula is C15H25N3O5S. The number of carboxylic acids is 1. The van der Waals surface area contributed by atoms with Gasteiger partial charge in [-0.1, -0.05) is 12.8 Å². The minimum Gasteiger partial charge on any atom is -0.481 e. The molecule has 0 unspecified atom stereocenters. The number of nitrogens with one attached hydrogen (secondary N) is 1. The topological polar surface area (TPSA) is 109 Å². The van der Waals surface area contributed by atoms with Crippen LogP contribution in [0.25, 0.3) is 0 Å². The summed E-state index contributed by atoms with van der Waals surface area (Å²) in [5.74, 6) is -1.13. The van der Waals surface area contributed by atoms with Gasteiger partial charge >= 0.3 is 5.97 Å². The minimum atomic E-state index is -3.57. The lowest BCUT2D eigenvalue weighted by Gasteiger charge is -2.08. The van der Waals surface area contributed by atoms with Crippen molar-refractivity contribution < 1.29 is 23.1 Å². The molecule has 0 bridgehead atoms. The molecule has 9 heteroatoms. The predicted molar refractivity (Wildman–Crippen MR) is 89.3 cm³/mol. The van der Waals surface area contributed by atoms with Gasteiger partial charge in [0.05, 0.1) is 0 Å². The summed E-state index contributed by atoms with van der Waals surface area (Å²) in [6.45, 7) is 0.465. The normalized spacial score (nSPS) is 11.7. The van der Waals surface area contributed by atoms with E-state index in [4.69, 9.17) is 5.11 Å². The highest BCUT2D eigenvalue weighted by Gasteiger charge is 2.22. The molecule has 0 aliphatic carbocycles. The molecule has 0 aliphatic heterocycles. The number of rotatable bonds is 10. The molecule has 1 amide bonds. The lowest BCUT2D eigenvalue weighted by atomic mass is 10.1. The number of aryl methyl sites for hydroxylation is 1. The molecule has 0 spiro atoms. The first-order valence-corrected chi connectivity index (χ1v) is 9.19. The van der Waals surface area contributed by atoms with Crippen molar-refractivity contribution >= 4 is 21.9 Å². The van der Waals surface area contributed by atoms with E-state index >= 15 is 0 Å². The first kappa shape index (κ1) is 20.2. The Bertz CT molecular complexity index is 679. The SMILES string of the molecule is CN(C)S(=O)(=O)c1cc(C(=O)NCCCCCCC(=O)O)n(C)c1. The number of unbranched alkanes of at least 4 members (excludes halogenated alkanes) is 3. The van der Waals surface area contributed by atoms with Gasteiger partial charge in [0.25, 0.3) is 5.91 Å². The maximum atomic E-state index is 12.1. The second kappa shape index (κ2) is 8.84. The molecule has 1 aromatic rings. The number of aliphatic carboxylic acids is 1. The molecule has 136 valence electrons. The second-order valence-electron chi connectivity index (χ2n) is 5.77. The molecule has 1 rings (SSSR count). The van der Waals surface area contributed by atoms with Crippen LogP contribution in [-0.4, -0.2) is 54.9 Å². The first-order chi connectivity index (χ1) is 11.2. The van der Waals surface area contributed by atoms with Gasteiger partial charge in [-0.3, -0.25) is 9.59 Å². The molecule has 0 fully saturated rings. The van der Waals surface area contributed by atoms with E-state index in [1.165, 1.54) is 30.9 Å². The van der Waals surface area contributed by atoms with Crippen LogP contribution >= 0.6 is 0 Å². The van der Waals surface area contributed by atoms with Gasteiger partial charge in [-0.25, -0.2) is 12.7 Å². The van der Waals surface area contributed by atoms with Gasteiger partial charge in [0, 0.05) is 40.3 Å². The Hall–Kier alpha value is -1.87. The van der Waals surface area contributed by atoms with Crippen LogP contribution in [0.4, 0.5) is 0 Å². The Morgan fingerprint density at radius 3 is 2.42 bits per heavy atom. The highest BCUT2D eigenvalue weighted by atomic mass is 32.2. The molecule has 24 heavy (non-hydrogen) atoms. The van der Waals surface area contributed by atoms with Crippen LogP contribution in [0.1, 0.15) is 42.6 Å². The van der Waals surface area contributed by atoms with Gasteiger partial charge in [-0.2, -0.15) is 0 Å². The van der Waals surface area contributed by atoms with Crippen molar-refractivity contribution in [2.75, 3.05) is 20.6 Å². The van der Waals surface area contributed by atoms with Gasteiger partial charge in [0.1, 0.15) is 10.6 Å². The lowest BCUT2D eigenvalue weighted by Crippen LogP contribution is -2.26. The quantitative estimate of drug-likeness (QED) is 0.607. The van der Waals surface area contributed by atoms with E-state index < -0.39 is 16.0 Å². The summed E-state index contributed by atoms with van der Waals surface area (Å²) in [5, 5.41) is 11.3. The number of carboxylic acid groups (broad SMARTS) is 1. The van der Waals surface area contributed by atoms with Gasteiger partial charge in [-0.05, 0) is 18.9 Å². The molecule has 1 heterocycles. The fourth-order valence-corrected chi connectivity index (χ4v) is 3.13. The summed E-state index contributed by atoms with van der Waals surface area (Å²) >= 11 is 0. The maximum Gasteiger partial charge on any atom is 0.303 e. The number of nitrogens with zero attached hydrogens (tertiary/aromatic N) is 2. The molecule has 1 aromatic heterocycles.